The fourth-order valence-corrected chi connectivity index (χ4v) is 2.03. The maximum Gasteiger partial charge on any atom is 0.293 e. The molecular weight excluding hydrogens is 224 g/mol. The Morgan fingerprint density at radius 3 is 2.44 bits per heavy atom. The van der Waals surface area contributed by atoms with E-state index in [0.717, 1.165) is 12.8 Å². The first-order valence-electron chi connectivity index (χ1n) is 6.10. The predicted molar refractivity (Wildman–Crippen MR) is 72.2 cm³/mol. The summed E-state index contributed by atoms with van der Waals surface area (Å²) in [5, 5.41) is 0. The van der Waals surface area contributed by atoms with Crippen molar-refractivity contribution in [3.8, 4) is 11.1 Å². The van der Waals surface area contributed by atoms with Crippen LogP contribution in [-0.4, -0.2) is 13.1 Å². The zero-order valence-corrected chi connectivity index (χ0v) is 10.2. The topological polar surface area (TPSA) is 26.3 Å². The Morgan fingerprint density at radius 1 is 0.944 bits per heavy atom. The number of ether oxygens (including phenoxy) is 1. The maximum absolute atomic E-state index is 10.1. The normalized spacial score (nSPS) is 10.0. The van der Waals surface area contributed by atoms with Crippen LogP contribution >= 0.6 is 0 Å². The van der Waals surface area contributed by atoms with E-state index in [9.17, 15) is 4.79 Å². The van der Waals surface area contributed by atoms with E-state index in [2.05, 4.69) is 24.3 Å². The SMILES string of the molecule is O=COCCCc1ccccc1-c1ccccc1. The van der Waals surface area contributed by atoms with Crippen LogP contribution in [0.3, 0.4) is 0 Å². The second kappa shape index (κ2) is 6.60. The molecule has 2 aromatic carbocycles. The summed E-state index contributed by atoms with van der Waals surface area (Å²) in [6.45, 7) is 0.982. The number of hydrogen-bond acceptors (Lipinski definition) is 2. The Morgan fingerprint density at radius 2 is 1.67 bits per heavy atom. The molecule has 2 rings (SSSR count). The lowest BCUT2D eigenvalue weighted by Gasteiger charge is -2.09. The predicted octanol–water partition coefficient (Wildman–Crippen LogP) is 3.46. The molecule has 0 aliphatic carbocycles. The standard InChI is InChI=1S/C16H16O2/c17-13-18-12-6-10-15-9-4-5-11-16(15)14-7-2-1-3-8-14/h1-5,7-9,11,13H,6,10,12H2. The molecular formula is C16H16O2. The summed E-state index contributed by atoms with van der Waals surface area (Å²) < 4.78 is 4.72. The lowest BCUT2D eigenvalue weighted by atomic mass is 9.97. The molecule has 0 saturated carbocycles. The van der Waals surface area contributed by atoms with Gasteiger partial charge >= 0.3 is 0 Å². The summed E-state index contributed by atoms with van der Waals surface area (Å²) in [5.41, 5.74) is 3.77. The molecule has 18 heavy (non-hydrogen) atoms. The van der Waals surface area contributed by atoms with Crippen LogP contribution in [0.4, 0.5) is 0 Å². The lowest BCUT2D eigenvalue weighted by Crippen LogP contribution is -1.96. The van der Waals surface area contributed by atoms with Crippen molar-refractivity contribution in [2.24, 2.45) is 0 Å². The second-order valence-corrected chi connectivity index (χ2v) is 4.09. The zero-order chi connectivity index (χ0) is 12.6. The molecule has 0 saturated heterocycles. The summed E-state index contributed by atoms with van der Waals surface area (Å²) in [5.74, 6) is 0. The number of hydrogen-bond donors (Lipinski definition) is 0. The van der Waals surface area contributed by atoms with Gasteiger partial charge < -0.3 is 4.74 Å². The first-order chi connectivity index (χ1) is 8.92. The smallest absolute Gasteiger partial charge is 0.293 e. The van der Waals surface area contributed by atoms with E-state index in [1.165, 1.54) is 16.7 Å². The van der Waals surface area contributed by atoms with E-state index >= 15 is 0 Å². The van der Waals surface area contributed by atoms with Gasteiger partial charge in [-0.2, -0.15) is 0 Å². The molecule has 0 N–H and O–H groups in total. The summed E-state index contributed by atoms with van der Waals surface area (Å²) in [6, 6.07) is 18.7. The minimum atomic E-state index is 0.479. The molecule has 0 aromatic heterocycles. The van der Waals surface area contributed by atoms with Gasteiger partial charge in [-0.05, 0) is 29.5 Å². The molecule has 2 nitrogen and oxygen atoms in total. The van der Waals surface area contributed by atoms with Gasteiger partial charge in [0.2, 0.25) is 0 Å². The molecule has 0 amide bonds. The maximum atomic E-state index is 10.1. The molecule has 0 spiro atoms. The van der Waals surface area contributed by atoms with Crippen LogP contribution < -0.4 is 0 Å². The zero-order valence-electron chi connectivity index (χ0n) is 10.2. The Bertz CT molecular complexity index is 491. The number of rotatable bonds is 6. The molecule has 0 bridgehead atoms. The van der Waals surface area contributed by atoms with E-state index in [-0.39, 0.29) is 0 Å². The lowest BCUT2D eigenvalue weighted by molar-refractivity contribution is -0.128. The van der Waals surface area contributed by atoms with E-state index in [1.54, 1.807) is 0 Å². The third-order valence-electron chi connectivity index (χ3n) is 2.88. The third-order valence-corrected chi connectivity index (χ3v) is 2.88. The van der Waals surface area contributed by atoms with E-state index in [4.69, 9.17) is 4.74 Å². The first-order valence-corrected chi connectivity index (χ1v) is 6.10. The van der Waals surface area contributed by atoms with Crippen molar-refractivity contribution in [1.82, 2.24) is 0 Å². The van der Waals surface area contributed by atoms with Gasteiger partial charge in [0.15, 0.2) is 0 Å². The molecule has 0 aliphatic rings. The van der Waals surface area contributed by atoms with Crippen molar-refractivity contribution < 1.29 is 9.53 Å². The van der Waals surface area contributed by atoms with Crippen LogP contribution in [0.25, 0.3) is 11.1 Å². The van der Waals surface area contributed by atoms with Crippen molar-refractivity contribution in [3.05, 3.63) is 60.2 Å². The fraction of sp³-hybridized carbons (Fsp3) is 0.188. The summed E-state index contributed by atoms with van der Waals surface area (Å²) in [6.07, 6.45) is 1.77. The van der Waals surface area contributed by atoms with Crippen LogP contribution in [0.1, 0.15) is 12.0 Å². The van der Waals surface area contributed by atoms with Crippen molar-refractivity contribution >= 4 is 6.47 Å². The van der Waals surface area contributed by atoms with Crippen molar-refractivity contribution in [2.75, 3.05) is 6.61 Å². The highest BCUT2D eigenvalue weighted by atomic mass is 16.5. The van der Waals surface area contributed by atoms with E-state index < -0.39 is 0 Å². The van der Waals surface area contributed by atoms with Gasteiger partial charge in [0, 0.05) is 0 Å². The number of aryl methyl sites for hydroxylation is 1. The third kappa shape index (κ3) is 3.20. The Kier molecular flexibility index (Phi) is 4.53. The van der Waals surface area contributed by atoms with Crippen molar-refractivity contribution in [2.45, 2.75) is 12.8 Å². The van der Waals surface area contributed by atoms with Crippen LogP contribution in [0, 0.1) is 0 Å². The van der Waals surface area contributed by atoms with E-state index in [1.807, 2.05) is 30.3 Å². The van der Waals surface area contributed by atoms with Gasteiger partial charge in [0.1, 0.15) is 0 Å². The fourth-order valence-electron chi connectivity index (χ4n) is 2.03. The molecule has 92 valence electrons. The largest absolute Gasteiger partial charge is 0.468 e. The molecule has 0 fully saturated rings. The van der Waals surface area contributed by atoms with Gasteiger partial charge in [-0.15, -0.1) is 0 Å². The van der Waals surface area contributed by atoms with Crippen LogP contribution in [0.5, 0.6) is 0 Å². The average Bonchev–Trinajstić information content (AvgIpc) is 2.45. The minimum Gasteiger partial charge on any atom is -0.468 e. The monoisotopic (exact) mass is 240 g/mol. The quantitative estimate of drug-likeness (QED) is 0.571. The van der Waals surface area contributed by atoms with Crippen molar-refractivity contribution in [1.29, 1.82) is 0 Å². The molecule has 0 aliphatic heterocycles. The van der Waals surface area contributed by atoms with Gasteiger partial charge in [-0.1, -0.05) is 54.6 Å². The van der Waals surface area contributed by atoms with Crippen LogP contribution in [0.2, 0.25) is 0 Å². The van der Waals surface area contributed by atoms with E-state index in [0.29, 0.717) is 13.1 Å². The van der Waals surface area contributed by atoms with Gasteiger partial charge in [-0.25, -0.2) is 0 Å². The highest BCUT2D eigenvalue weighted by Gasteiger charge is 2.03. The molecule has 0 atom stereocenters. The van der Waals surface area contributed by atoms with Gasteiger partial charge in [0.05, 0.1) is 6.61 Å². The summed E-state index contributed by atoms with van der Waals surface area (Å²) >= 11 is 0. The molecule has 0 radical (unpaired) electrons. The molecule has 2 aromatic rings. The van der Waals surface area contributed by atoms with Crippen LogP contribution in [0.15, 0.2) is 54.6 Å². The molecule has 0 heterocycles. The Balaban J connectivity index is 2.13. The van der Waals surface area contributed by atoms with Gasteiger partial charge in [-0.3, -0.25) is 4.79 Å². The minimum absolute atomic E-state index is 0.479. The molecule has 2 heteroatoms. The van der Waals surface area contributed by atoms with Gasteiger partial charge in [0.25, 0.3) is 6.47 Å². The number of carbonyl (C=O) groups excluding carboxylic acids is 1. The summed E-state index contributed by atoms with van der Waals surface area (Å²) in [7, 11) is 0. The second-order valence-electron chi connectivity index (χ2n) is 4.09. The number of benzene rings is 2. The van der Waals surface area contributed by atoms with Crippen LogP contribution in [-0.2, 0) is 16.0 Å². The first kappa shape index (κ1) is 12.4. The highest BCUT2D eigenvalue weighted by molar-refractivity contribution is 5.67. The number of carbonyl (C=O) groups is 1. The van der Waals surface area contributed by atoms with Crippen molar-refractivity contribution in [3.63, 3.8) is 0 Å². The summed E-state index contributed by atoms with van der Waals surface area (Å²) in [4.78, 5) is 10.1. The highest BCUT2D eigenvalue weighted by Crippen LogP contribution is 2.24. The molecule has 0 unspecified atom stereocenters. The Labute approximate surface area is 107 Å². The Hall–Kier alpha value is -2.09. The average molecular weight is 240 g/mol.